The molecule has 0 saturated carbocycles. The fourth-order valence-corrected chi connectivity index (χ4v) is 3.07. The maximum atomic E-state index is 12.2. The van der Waals surface area contributed by atoms with Gasteiger partial charge in [0.25, 0.3) is 0 Å². The van der Waals surface area contributed by atoms with Gasteiger partial charge in [-0.25, -0.2) is 0 Å². The molecule has 1 saturated heterocycles. The monoisotopic (exact) mass is 230 g/mol. The SMILES string of the molecule is O=C1NCCCC12CCNc1ccccc1C2. The summed E-state index contributed by atoms with van der Waals surface area (Å²) < 4.78 is 0. The summed E-state index contributed by atoms with van der Waals surface area (Å²) in [7, 11) is 0. The number of hydrogen-bond donors (Lipinski definition) is 2. The minimum absolute atomic E-state index is 0.169. The number of rotatable bonds is 0. The van der Waals surface area contributed by atoms with E-state index in [0.717, 1.165) is 38.8 Å². The summed E-state index contributed by atoms with van der Waals surface area (Å²) in [5.74, 6) is 0.252. The first-order valence-corrected chi connectivity index (χ1v) is 6.40. The maximum absolute atomic E-state index is 12.2. The number of benzene rings is 1. The molecule has 2 aliphatic rings. The zero-order valence-electron chi connectivity index (χ0n) is 9.96. The Morgan fingerprint density at radius 3 is 2.82 bits per heavy atom. The normalized spacial score (nSPS) is 27.9. The van der Waals surface area contributed by atoms with Crippen LogP contribution in [-0.2, 0) is 11.2 Å². The lowest BCUT2D eigenvalue weighted by Crippen LogP contribution is -2.47. The second-order valence-corrected chi connectivity index (χ2v) is 5.15. The van der Waals surface area contributed by atoms with Crippen LogP contribution >= 0.6 is 0 Å². The van der Waals surface area contributed by atoms with Crippen molar-refractivity contribution in [2.45, 2.75) is 25.7 Å². The summed E-state index contributed by atoms with van der Waals surface area (Å²) in [6.45, 7) is 1.74. The van der Waals surface area contributed by atoms with E-state index in [9.17, 15) is 4.79 Å². The van der Waals surface area contributed by atoms with E-state index in [0.29, 0.717) is 0 Å². The smallest absolute Gasteiger partial charge is 0.226 e. The van der Waals surface area contributed by atoms with Gasteiger partial charge in [0.2, 0.25) is 5.91 Å². The standard InChI is InChI=1S/C14H18N2O/c17-13-14(6-3-8-16-13)7-9-15-12-5-2-1-4-11(12)10-14/h1-2,4-5,15H,3,6-10H2,(H,16,17). The Labute approximate surface area is 102 Å². The van der Waals surface area contributed by atoms with Crippen molar-refractivity contribution in [3.05, 3.63) is 29.8 Å². The largest absolute Gasteiger partial charge is 0.385 e. The third-order valence-electron chi connectivity index (χ3n) is 4.06. The van der Waals surface area contributed by atoms with Gasteiger partial charge in [-0.15, -0.1) is 0 Å². The number of carbonyl (C=O) groups excluding carboxylic acids is 1. The predicted octanol–water partition coefficient (Wildman–Crippen LogP) is 1.94. The first-order valence-electron chi connectivity index (χ1n) is 6.40. The van der Waals surface area contributed by atoms with Crippen LogP contribution in [0.3, 0.4) is 0 Å². The van der Waals surface area contributed by atoms with Gasteiger partial charge in [0, 0.05) is 18.8 Å². The summed E-state index contributed by atoms with van der Waals surface area (Å²) in [4.78, 5) is 12.2. The molecule has 3 nitrogen and oxygen atoms in total. The van der Waals surface area contributed by atoms with Gasteiger partial charge in [0.15, 0.2) is 0 Å². The van der Waals surface area contributed by atoms with Crippen molar-refractivity contribution in [3.8, 4) is 0 Å². The van der Waals surface area contributed by atoms with Crippen LogP contribution < -0.4 is 10.6 Å². The number of piperidine rings is 1. The summed E-state index contributed by atoms with van der Waals surface area (Å²) in [5.41, 5.74) is 2.31. The number of para-hydroxylation sites is 1. The molecule has 2 heterocycles. The lowest BCUT2D eigenvalue weighted by Gasteiger charge is -2.35. The zero-order chi connectivity index (χ0) is 11.7. The Bertz CT molecular complexity index is 444. The molecule has 1 fully saturated rings. The highest BCUT2D eigenvalue weighted by Gasteiger charge is 2.41. The molecule has 3 rings (SSSR count). The highest BCUT2D eigenvalue weighted by Crippen LogP contribution is 2.38. The van der Waals surface area contributed by atoms with Crippen molar-refractivity contribution in [1.29, 1.82) is 0 Å². The molecule has 0 aromatic heterocycles. The number of carbonyl (C=O) groups is 1. The number of nitrogens with one attached hydrogen (secondary N) is 2. The molecule has 17 heavy (non-hydrogen) atoms. The van der Waals surface area contributed by atoms with Gasteiger partial charge < -0.3 is 10.6 Å². The summed E-state index contributed by atoms with van der Waals surface area (Å²) >= 11 is 0. The Kier molecular flexibility index (Phi) is 2.54. The quantitative estimate of drug-likeness (QED) is 0.715. The van der Waals surface area contributed by atoms with Gasteiger partial charge in [0.05, 0.1) is 5.41 Å². The third-order valence-corrected chi connectivity index (χ3v) is 4.06. The van der Waals surface area contributed by atoms with Crippen molar-refractivity contribution in [3.63, 3.8) is 0 Å². The van der Waals surface area contributed by atoms with Gasteiger partial charge in [-0.3, -0.25) is 4.79 Å². The molecule has 1 atom stereocenters. The zero-order valence-corrected chi connectivity index (χ0v) is 9.96. The van der Waals surface area contributed by atoms with Crippen molar-refractivity contribution >= 4 is 11.6 Å². The van der Waals surface area contributed by atoms with E-state index in [1.165, 1.54) is 11.3 Å². The highest BCUT2D eigenvalue weighted by atomic mass is 16.2. The molecule has 0 aliphatic carbocycles. The molecule has 1 unspecified atom stereocenters. The molecule has 90 valence electrons. The molecular formula is C14H18N2O. The van der Waals surface area contributed by atoms with Crippen LogP contribution in [0.5, 0.6) is 0 Å². The Hall–Kier alpha value is -1.51. The van der Waals surface area contributed by atoms with Gasteiger partial charge in [-0.2, -0.15) is 0 Å². The second kappa shape index (κ2) is 4.06. The van der Waals surface area contributed by atoms with Crippen molar-refractivity contribution in [2.75, 3.05) is 18.4 Å². The minimum Gasteiger partial charge on any atom is -0.385 e. The van der Waals surface area contributed by atoms with E-state index in [-0.39, 0.29) is 11.3 Å². The average molecular weight is 230 g/mol. The first-order chi connectivity index (χ1) is 8.30. The van der Waals surface area contributed by atoms with Gasteiger partial charge in [-0.1, -0.05) is 18.2 Å². The molecular weight excluding hydrogens is 212 g/mol. The Balaban J connectivity index is 1.96. The van der Waals surface area contributed by atoms with Gasteiger partial charge in [-0.05, 0) is 37.3 Å². The van der Waals surface area contributed by atoms with E-state index in [1.54, 1.807) is 0 Å². The predicted molar refractivity (Wildman–Crippen MR) is 67.9 cm³/mol. The van der Waals surface area contributed by atoms with Crippen molar-refractivity contribution < 1.29 is 4.79 Å². The van der Waals surface area contributed by atoms with E-state index < -0.39 is 0 Å². The number of fused-ring (bicyclic) bond motifs is 1. The fourth-order valence-electron chi connectivity index (χ4n) is 3.07. The fraction of sp³-hybridized carbons (Fsp3) is 0.500. The topological polar surface area (TPSA) is 41.1 Å². The Morgan fingerprint density at radius 1 is 1.06 bits per heavy atom. The molecule has 1 amide bonds. The van der Waals surface area contributed by atoms with Crippen LogP contribution in [0, 0.1) is 5.41 Å². The summed E-state index contributed by atoms with van der Waals surface area (Å²) in [6.07, 6.45) is 3.94. The van der Waals surface area contributed by atoms with Crippen LogP contribution in [0.25, 0.3) is 0 Å². The molecule has 1 spiro atoms. The summed E-state index contributed by atoms with van der Waals surface area (Å²) in [5, 5.41) is 6.47. The lowest BCUT2D eigenvalue weighted by atomic mass is 9.73. The Morgan fingerprint density at radius 2 is 1.94 bits per heavy atom. The van der Waals surface area contributed by atoms with Crippen molar-refractivity contribution in [1.82, 2.24) is 5.32 Å². The molecule has 2 N–H and O–H groups in total. The molecule has 3 heteroatoms. The van der Waals surface area contributed by atoms with E-state index in [4.69, 9.17) is 0 Å². The van der Waals surface area contributed by atoms with Crippen LogP contribution in [-0.4, -0.2) is 19.0 Å². The van der Waals surface area contributed by atoms with Gasteiger partial charge in [0.1, 0.15) is 0 Å². The highest BCUT2D eigenvalue weighted by molar-refractivity contribution is 5.84. The number of anilines is 1. The van der Waals surface area contributed by atoms with Crippen LogP contribution in [0.2, 0.25) is 0 Å². The first kappa shape index (κ1) is 10.6. The van der Waals surface area contributed by atoms with E-state index >= 15 is 0 Å². The van der Waals surface area contributed by atoms with Gasteiger partial charge >= 0.3 is 0 Å². The molecule has 1 aromatic rings. The second-order valence-electron chi connectivity index (χ2n) is 5.15. The summed E-state index contributed by atoms with van der Waals surface area (Å²) in [6, 6.07) is 8.34. The molecule has 0 radical (unpaired) electrons. The van der Waals surface area contributed by atoms with Crippen LogP contribution in [0.15, 0.2) is 24.3 Å². The molecule has 1 aromatic carbocycles. The minimum atomic E-state index is -0.169. The molecule has 2 aliphatic heterocycles. The number of hydrogen-bond acceptors (Lipinski definition) is 2. The van der Waals surface area contributed by atoms with Crippen LogP contribution in [0.1, 0.15) is 24.8 Å². The number of amides is 1. The molecule has 0 bridgehead atoms. The third kappa shape index (κ3) is 1.79. The van der Waals surface area contributed by atoms with Crippen molar-refractivity contribution in [2.24, 2.45) is 5.41 Å². The van der Waals surface area contributed by atoms with Crippen LogP contribution in [0.4, 0.5) is 5.69 Å². The van der Waals surface area contributed by atoms with E-state index in [2.05, 4.69) is 28.8 Å². The maximum Gasteiger partial charge on any atom is 0.226 e. The average Bonchev–Trinajstić information content (AvgIpc) is 2.53. The lowest BCUT2D eigenvalue weighted by molar-refractivity contribution is -0.133. The van der Waals surface area contributed by atoms with E-state index in [1.807, 2.05) is 6.07 Å².